The molecule has 0 aliphatic carbocycles. The Labute approximate surface area is 172 Å². The molecule has 0 saturated carbocycles. The first kappa shape index (κ1) is 19.7. The predicted molar refractivity (Wildman–Crippen MR) is 112 cm³/mol. The molecule has 4 rings (SSSR count). The van der Waals surface area contributed by atoms with E-state index in [0.717, 1.165) is 49.4 Å². The summed E-state index contributed by atoms with van der Waals surface area (Å²) in [6.45, 7) is 3.08. The number of carbonyl (C=O) groups excluding carboxylic acids is 1. The smallest absolute Gasteiger partial charge is 0.238 e. The molecule has 154 valence electrons. The van der Waals surface area contributed by atoms with Gasteiger partial charge >= 0.3 is 0 Å². The highest BCUT2D eigenvalue weighted by atomic mass is 16.5. The molecule has 2 fully saturated rings. The summed E-state index contributed by atoms with van der Waals surface area (Å²) in [6, 6.07) is 16.2. The highest BCUT2D eigenvalue weighted by molar-refractivity contribution is 5.81. The lowest BCUT2D eigenvalue weighted by Crippen LogP contribution is -2.34. The minimum atomic E-state index is -0.0892. The number of hydrogen-bond donors (Lipinski definition) is 2. The normalized spacial score (nSPS) is 20.1. The summed E-state index contributed by atoms with van der Waals surface area (Å²) < 4.78 is 11.3. The monoisotopic (exact) mass is 395 g/mol. The van der Waals surface area contributed by atoms with Crippen LogP contribution in [0.3, 0.4) is 0 Å². The summed E-state index contributed by atoms with van der Waals surface area (Å²) in [6.07, 6.45) is 3.09. The van der Waals surface area contributed by atoms with Crippen molar-refractivity contribution in [3.05, 3.63) is 59.7 Å². The Bertz CT molecular complexity index is 801. The highest BCUT2D eigenvalue weighted by Crippen LogP contribution is 2.26. The third-order valence-electron chi connectivity index (χ3n) is 5.66. The number of rotatable bonds is 7. The second-order valence-corrected chi connectivity index (χ2v) is 7.60. The first-order valence-electron chi connectivity index (χ1n) is 10.4. The molecule has 1 atom stereocenters. The molecule has 2 heterocycles. The van der Waals surface area contributed by atoms with Crippen LogP contribution in [0.4, 0.5) is 0 Å². The third-order valence-corrected chi connectivity index (χ3v) is 5.66. The van der Waals surface area contributed by atoms with Gasteiger partial charge in [-0.05, 0) is 67.7 Å². The Hall–Kier alpha value is -2.57. The molecule has 29 heavy (non-hydrogen) atoms. The molecule has 0 bridgehead atoms. The quantitative estimate of drug-likeness (QED) is 0.754. The highest BCUT2D eigenvalue weighted by Gasteiger charge is 2.31. The summed E-state index contributed by atoms with van der Waals surface area (Å²) in [5.41, 5.74) is 2.28. The zero-order chi connectivity index (χ0) is 20.1. The van der Waals surface area contributed by atoms with Crippen LogP contribution in [0.25, 0.3) is 0 Å². The van der Waals surface area contributed by atoms with Gasteiger partial charge in [0.25, 0.3) is 0 Å². The van der Waals surface area contributed by atoms with Gasteiger partial charge in [-0.2, -0.15) is 0 Å². The maximum Gasteiger partial charge on any atom is 0.238 e. The second-order valence-electron chi connectivity index (χ2n) is 7.60. The Morgan fingerprint density at radius 3 is 2.38 bits per heavy atom. The van der Waals surface area contributed by atoms with Gasteiger partial charge in [0.05, 0.1) is 13.7 Å². The van der Waals surface area contributed by atoms with Crippen molar-refractivity contribution in [2.75, 3.05) is 33.3 Å². The van der Waals surface area contributed by atoms with Crippen molar-refractivity contribution in [1.29, 1.82) is 0 Å². The van der Waals surface area contributed by atoms with E-state index in [1.165, 1.54) is 5.56 Å². The van der Waals surface area contributed by atoms with Crippen LogP contribution in [0.15, 0.2) is 48.5 Å². The average molecular weight is 396 g/mol. The van der Waals surface area contributed by atoms with Crippen molar-refractivity contribution >= 4 is 5.91 Å². The maximum absolute atomic E-state index is 12.4. The summed E-state index contributed by atoms with van der Waals surface area (Å²) in [5, 5.41) is 6.69. The number of carbonyl (C=O) groups is 1. The number of amides is 1. The number of nitrogens with one attached hydrogen (secondary N) is 2. The number of hydrogen-bond acceptors (Lipinski definition) is 5. The molecule has 0 aromatic heterocycles. The molecule has 6 heteroatoms. The zero-order valence-electron chi connectivity index (χ0n) is 16.9. The Morgan fingerprint density at radius 1 is 1.00 bits per heavy atom. The molecular weight excluding hydrogens is 366 g/mol. The van der Waals surface area contributed by atoms with Crippen LogP contribution < -0.4 is 20.1 Å². The van der Waals surface area contributed by atoms with E-state index < -0.39 is 0 Å². The lowest BCUT2D eigenvalue weighted by Gasteiger charge is -2.26. The molecule has 2 aliphatic heterocycles. The Morgan fingerprint density at radius 2 is 1.69 bits per heavy atom. The van der Waals surface area contributed by atoms with Crippen molar-refractivity contribution in [3.63, 3.8) is 0 Å². The first-order chi connectivity index (χ1) is 14.2. The van der Waals surface area contributed by atoms with Crippen LogP contribution >= 0.6 is 0 Å². The average Bonchev–Trinajstić information content (AvgIpc) is 3.14. The zero-order valence-corrected chi connectivity index (χ0v) is 16.9. The van der Waals surface area contributed by atoms with Crippen LogP contribution in [0.5, 0.6) is 11.5 Å². The van der Waals surface area contributed by atoms with Crippen LogP contribution in [0.1, 0.15) is 30.1 Å². The number of benzene rings is 2. The molecule has 2 N–H and O–H groups in total. The van der Waals surface area contributed by atoms with Gasteiger partial charge in [-0.1, -0.05) is 24.3 Å². The van der Waals surface area contributed by atoms with Crippen molar-refractivity contribution in [3.8, 4) is 11.5 Å². The van der Waals surface area contributed by atoms with Crippen molar-refractivity contribution in [2.45, 2.75) is 31.5 Å². The number of nitrogens with zero attached hydrogens (tertiary/aromatic N) is 1. The Balaban J connectivity index is 1.37. The fourth-order valence-electron chi connectivity index (χ4n) is 3.97. The SMILES string of the molecule is COc1ccc(CCN2C(=O)CNC2c2ccc(OC3CCNCC3)cc2)cc1. The van der Waals surface area contributed by atoms with Crippen LogP contribution in [0.2, 0.25) is 0 Å². The van der Waals surface area contributed by atoms with Crippen molar-refractivity contribution in [2.24, 2.45) is 0 Å². The number of ether oxygens (including phenoxy) is 2. The molecule has 0 radical (unpaired) electrons. The van der Waals surface area contributed by atoms with Gasteiger partial charge in [0.2, 0.25) is 5.91 Å². The lowest BCUT2D eigenvalue weighted by atomic mass is 10.1. The van der Waals surface area contributed by atoms with E-state index in [1.54, 1.807) is 7.11 Å². The second kappa shape index (κ2) is 9.29. The summed E-state index contributed by atoms with van der Waals surface area (Å²) >= 11 is 0. The topological polar surface area (TPSA) is 62.8 Å². The predicted octanol–water partition coefficient (Wildman–Crippen LogP) is 2.50. The van der Waals surface area contributed by atoms with Crippen LogP contribution in [-0.2, 0) is 11.2 Å². The van der Waals surface area contributed by atoms with E-state index in [2.05, 4.69) is 34.9 Å². The van der Waals surface area contributed by atoms with Gasteiger partial charge in [-0.15, -0.1) is 0 Å². The van der Waals surface area contributed by atoms with E-state index in [1.807, 2.05) is 29.2 Å². The van der Waals surface area contributed by atoms with Gasteiger partial charge in [0, 0.05) is 6.54 Å². The van der Waals surface area contributed by atoms with Crippen LogP contribution in [-0.4, -0.2) is 50.2 Å². The lowest BCUT2D eigenvalue weighted by molar-refractivity contribution is -0.128. The largest absolute Gasteiger partial charge is 0.497 e. The van der Waals surface area contributed by atoms with E-state index >= 15 is 0 Å². The summed E-state index contributed by atoms with van der Waals surface area (Å²) in [5.74, 6) is 1.88. The van der Waals surface area contributed by atoms with Gasteiger partial charge in [-0.25, -0.2) is 0 Å². The van der Waals surface area contributed by atoms with Gasteiger partial charge < -0.3 is 19.7 Å². The van der Waals surface area contributed by atoms with E-state index in [9.17, 15) is 4.79 Å². The van der Waals surface area contributed by atoms with Crippen molar-refractivity contribution in [1.82, 2.24) is 15.5 Å². The molecule has 1 unspecified atom stereocenters. The minimum absolute atomic E-state index is 0.0892. The van der Waals surface area contributed by atoms with E-state index in [4.69, 9.17) is 9.47 Å². The Kier molecular flexibility index (Phi) is 6.32. The maximum atomic E-state index is 12.4. The van der Waals surface area contributed by atoms with E-state index in [0.29, 0.717) is 13.1 Å². The molecule has 6 nitrogen and oxygen atoms in total. The number of methoxy groups -OCH3 is 1. The molecule has 2 aromatic rings. The molecular formula is C23H29N3O3. The molecule has 2 aliphatic rings. The van der Waals surface area contributed by atoms with Gasteiger partial charge in [0.15, 0.2) is 0 Å². The molecule has 2 saturated heterocycles. The minimum Gasteiger partial charge on any atom is -0.497 e. The first-order valence-corrected chi connectivity index (χ1v) is 10.4. The van der Waals surface area contributed by atoms with Crippen molar-refractivity contribution < 1.29 is 14.3 Å². The molecule has 1 amide bonds. The summed E-state index contributed by atoms with van der Waals surface area (Å²) in [7, 11) is 1.66. The van der Waals surface area contributed by atoms with E-state index in [-0.39, 0.29) is 18.2 Å². The van der Waals surface area contributed by atoms with Gasteiger partial charge in [-0.3, -0.25) is 10.1 Å². The fourth-order valence-corrected chi connectivity index (χ4v) is 3.97. The van der Waals surface area contributed by atoms with Gasteiger partial charge in [0.1, 0.15) is 23.8 Å². The molecule has 2 aromatic carbocycles. The fraction of sp³-hybridized carbons (Fsp3) is 0.435. The standard InChI is InChI=1S/C23H29N3O3/c1-28-19-6-2-17(3-7-19)12-15-26-22(27)16-25-23(26)18-4-8-20(9-5-18)29-21-10-13-24-14-11-21/h2-9,21,23-25H,10-16H2,1H3. The molecule has 0 spiro atoms. The number of piperidine rings is 1. The van der Waals surface area contributed by atoms with Crippen LogP contribution in [0, 0.1) is 0 Å². The third kappa shape index (κ3) is 4.89. The summed E-state index contributed by atoms with van der Waals surface area (Å²) in [4.78, 5) is 14.3.